The van der Waals surface area contributed by atoms with E-state index in [0.29, 0.717) is 37.2 Å². The highest BCUT2D eigenvalue weighted by molar-refractivity contribution is 5.98. The van der Waals surface area contributed by atoms with Gasteiger partial charge in [0.05, 0.1) is 42.9 Å². The van der Waals surface area contributed by atoms with E-state index >= 15 is 0 Å². The Kier molecular flexibility index (Phi) is 6.07. The minimum Gasteiger partial charge on any atom is -0.472 e. The molecular weight excluding hydrogens is 412 g/mol. The van der Waals surface area contributed by atoms with Crippen molar-refractivity contribution in [2.24, 2.45) is 0 Å². The van der Waals surface area contributed by atoms with E-state index < -0.39 is 12.1 Å². The van der Waals surface area contributed by atoms with Crippen LogP contribution in [0.2, 0.25) is 0 Å². The second-order valence-electron chi connectivity index (χ2n) is 7.11. The SMILES string of the molecule is COC(=O)c1c(C#N)ccnc1OC1CCCN(C(=O)c2ccccc2-n2nccn2)C1. The van der Waals surface area contributed by atoms with Gasteiger partial charge in [0.2, 0.25) is 5.88 Å². The molecule has 2 aromatic heterocycles. The molecule has 1 aromatic carbocycles. The van der Waals surface area contributed by atoms with Crippen LogP contribution < -0.4 is 4.74 Å². The quantitative estimate of drug-likeness (QED) is 0.561. The fourth-order valence-electron chi connectivity index (χ4n) is 3.64. The van der Waals surface area contributed by atoms with Gasteiger partial charge in [0.1, 0.15) is 17.7 Å². The molecule has 1 atom stereocenters. The van der Waals surface area contributed by atoms with E-state index in [1.165, 1.54) is 24.2 Å². The van der Waals surface area contributed by atoms with Gasteiger partial charge in [0.15, 0.2) is 0 Å². The highest BCUT2D eigenvalue weighted by atomic mass is 16.5. The second-order valence-corrected chi connectivity index (χ2v) is 7.11. The summed E-state index contributed by atoms with van der Waals surface area (Å²) < 4.78 is 10.8. The zero-order valence-electron chi connectivity index (χ0n) is 17.3. The topological polar surface area (TPSA) is 123 Å². The van der Waals surface area contributed by atoms with E-state index in [0.717, 1.165) is 0 Å². The van der Waals surface area contributed by atoms with Gasteiger partial charge >= 0.3 is 5.97 Å². The highest BCUT2D eigenvalue weighted by Crippen LogP contribution is 2.25. The first-order chi connectivity index (χ1) is 15.6. The molecule has 10 nitrogen and oxygen atoms in total. The van der Waals surface area contributed by atoms with Crippen LogP contribution in [0.5, 0.6) is 5.88 Å². The minimum atomic E-state index is -0.700. The first-order valence-electron chi connectivity index (χ1n) is 10.0. The number of benzene rings is 1. The van der Waals surface area contributed by atoms with Crippen LogP contribution in [0, 0.1) is 11.3 Å². The van der Waals surface area contributed by atoms with Crippen LogP contribution in [0.4, 0.5) is 0 Å². The molecule has 3 heterocycles. The molecule has 0 N–H and O–H groups in total. The molecule has 0 bridgehead atoms. The number of amides is 1. The number of hydrogen-bond donors (Lipinski definition) is 0. The van der Waals surface area contributed by atoms with Crippen molar-refractivity contribution < 1.29 is 19.1 Å². The largest absolute Gasteiger partial charge is 0.472 e. The van der Waals surface area contributed by atoms with E-state index in [9.17, 15) is 14.9 Å². The van der Waals surface area contributed by atoms with Gasteiger partial charge in [-0.3, -0.25) is 4.79 Å². The van der Waals surface area contributed by atoms with Gasteiger partial charge in [-0.1, -0.05) is 12.1 Å². The zero-order chi connectivity index (χ0) is 22.5. The second kappa shape index (κ2) is 9.26. The summed E-state index contributed by atoms with van der Waals surface area (Å²) in [4.78, 5) is 32.7. The molecule has 162 valence electrons. The van der Waals surface area contributed by atoms with Gasteiger partial charge in [0.25, 0.3) is 5.91 Å². The van der Waals surface area contributed by atoms with Crippen LogP contribution in [0.3, 0.4) is 0 Å². The Bertz CT molecular complexity index is 1170. The van der Waals surface area contributed by atoms with E-state index in [2.05, 4.69) is 15.2 Å². The van der Waals surface area contributed by atoms with E-state index in [4.69, 9.17) is 9.47 Å². The average Bonchev–Trinajstić information content (AvgIpc) is 3.38. The van der Waals surface area contributed by atoms with Crippen LogP contribution in [0.1, 0.15) is 39.1 Å². The average molecular weight is 432 g/mol. The number of nitriles is 1. The van der Waals surface area contributed by atoms with E-state index in [-0.39, 0.29) is 22.9 Å². The molecule has 1 unspecified atom stereocenters. The molecule has 1 saturated heterocycles. The smallest absolute Gasteiger partial charge is 0.344 e. The predicted octanol–water partition coefficient (Wildman–Crippen LogP) is 2.00. The molecular formula is C22H20N6O4. The van der Waals surface area contributed by atoms with Crippen molar-refractivity contribution in [3.05, 3.63) is 65.6 Å². The fourth-order valence-corrected chi connectivity index (χ4v) is 3.64. The maximum absolute atomic E-state index is 13.3. The molecule has 0 saturated carbocycles. The summed E-state index contributed by atoms with van der Waals surface area (Å²) in [5.41, 5.74) is 1.16. The Morgan fingerprint density at radius 1 is 1.16 bits per heavy atom. The summed E-state index contributed by atoms with van der Waals surface area (Å²) in [7, 11) is 1.23. The highest BCUT2D eigenvalue weighted by Gasteiger charge is 2.29. The Balaban J connectivity index is 1.55. The molecule has 3 aromatic rings. The molecule has 4 rings (SSSR count). The van der Waals surface area contributed by atoms with Gasteiger partial charge in [-0.15, -0.1) is 0 Å². The zero-order valence-corrected chi connectivity index (χ0v) is 17.3. The van der Waals surface area contributed by atoms with Crippen molar-refractivity contribution in [2.75, 3.05) is 20.2 Å². The number of esters is 1. The van der Waals surface area contributed by atoms with Gasteiger partial charge in [0, 0.05) is 12.7 Å². The Morgan fingerprint density at radius 2 is 1.94 bits per heavy atom. The number of aromatic nitrogens is 4. The van der Waals surface area contributed by atoms with Crippen LogP contribution in [0.25, 0.3) is 5.69 Å². The first kappa shape index (κ1) is 21.0. The molecule has 1 aliphatic rings. The normalized spacial score (nSPS) is 15.6. The minimum absolute atomic E-state index is 0.0175. The number of nitrogens with zero attached hydrogens (tertiary/aromatic N) is 6. The number of methoxy groups -OCH3 is 1. The molecule has 1 aliphatic heterocycles. The molecule has 0 radical (unpaired) electrons. The number of carbonyl (C=O) groups is 2. The van der Waals surface area contributed by atoms with Crippen LogP contribution in [0.15, 0.2) is 48.9 Å². The van der Waals surface area contributed by atoms with Gasteiger partial charge in [-0.2, -0.15) is 20.3 Å². The number of ether oxygens (including phenoxy) is 2. The summed E-state index contributed by atoms with van der Waals surface area (Å²) in [6.45, 7) is 0.869. The third-order valence-corrected chi connectivity index (χ3v) is 5.14. The van der Waals surface area contributed by atoms with Crippen molar-refractivity contribution in [1.82, 2.24) is 24.9 Å². The standard InChI is InChI=1S/C22H20N6O4/c1-31-22(30)19-15(13-23)8-9-24-20(19)32-16-5-4-12-27(14-16)21(29)17-6-2-3-7-18(17)28-25-10-11-26-28/h2-3,6-11,16H,4-5,12,14H2,1H3. The third kappa shape index (κ3) is 4.13. The Morgan fingerprint density at radius 3 is 2.69 bits per heavy atom. The monoisotopic (exact) mass is 432 g/mol. The summed E-state index contributed by atoms with van der Waals surface area (Å²) in [6.07, 6.45) is 5.49. The predicted molar refractivity (Wildman–Crippen MR) is 111 cm³/mol. The number of piperidine rings is 1. The summed E-state index contributed by atoms with van der Waals surface area (Å²) >= 11 is 0. The lowest BCUT2D eigenvalue weighted by Gasteiger charge is -2.33. The lowest BCUT2D eigenvalue weighted by atomic mass is 10.1. The number of likely N-dealkylation sites (tertiary alicyclic amines) is 1. The molecule has 1 amide bonds. The Labute approximate surface area is 184 Å². The van der Waals surface area contributed by atoms with Crippen LogP contribution in [-0.2, 0) is 4.74 Å². The van der Waals surface area contributed by atoms with Crippen molar-refractivity contribution in [3.63, 3.8) is 0 Å². The number of para-hydroxylation sites is 1. The van der Waals surface area contributed by atoms with Gasteiger partial charge in [-0.05, 0) is 31.0 Å². The third-order valence-electron chi connectivity index (χ3n) is 5.14. The molecule has 32 heavy (non-hydrogen) atoms. The van der Waals surface area contributed by atoms with Crippen LogP contribution in [-0.4, -0.2) is 63.1 Å². The number of carbonyl (C=O) groups excluding carboxylic acids is 2. The van der Waals surface area contributed by atoms with Crippen LogP contribution >= 0.6 is 0 Å². The van der Waals surface area contributed by atoms with Gasteiger partial charge in [-0.25, -0.2) is 9.78 Å². The molecule has 10 heteroatoms. The molecule has 1 fully saturated rings. The number of rotatable bonds is 5. The molecule has 0 aliphatic carbocycles. The summed E-state index contributed by atoms with van der Waals surface area (Å²) in [6, 6.07) is 10.5. The fraction of sp³-hybridized carbons (Fsp3) is 0.273. The summed E-state index contributed by atoms with van der Waals surface area (Å²) in [5, 5.41) is 17.6. The first-order valence-corrected chi connectivity index (χ1v) is 10.0. The maximum Gasteiger partial charge on any atom is 0.344 e. The summed E-state index contributed by atoms with van der Waals surface area (Å²) in [5.74, 6) is -0.844. The van der Waals surface area contributed by atoms with Crippen molar-refractivity contribution in [1.29, 1.82) is 5.26 Å². The van der Waals surface area contributed by atoms with Crippen molar-refractivity contribution in [3.8, 4) is 17.6 Å². The number of pyridine rings is 1. The lowest BCUT2D eigenvalue weighted by Crippen LogP contribution is -2.44. The van der Waals surface area contributed by atoms with E-state index in [1.807, 2.05) is 12.1 Å². The van der Waals surface area contributed by atoms with Crippen molar-refractivity contribution in [2.45, 2.75) is 18.9 Å². The van der Waals surface area contributed by atoms with Gasteiger partial charge < -0.3 is 14.4 Å². The van der Waals surface area contributed by atoms with Crippen molar-refractivity contribution >= 4 is 11.9 Å². The number of hydrogen-bond acceptors (Lipinski definition) is 8. The Hall–Kier alpha value is -4.26. The lowest BCUT2D eigenvalue weighted by molar-refractivity contribution is 0.0497. The molecule has 0 spiro atoms. The maximum atomic E-state index is 13.3. The van der Waals surface area contributed by atoms with E-state index in [1.54, 1.807) is 35.5 Å².